The molecule has 10 nitrogen and oxygen atoms in total. The summed E-state index contributed by atoms with van der Waals surface area (Å²) in [6, 6.07) is 0. The van der Waals surface area contributed by atoms with Gasteiger partial charge in [-0.15, -0.1) is 0 Å². The van der Waals surface area contributed by atoms with E-state index in [0.29, 0.717) is 34.9 Å². The van der Waals surface area contributed by atoms with E-state index in [9.17, 15) is 19.2 Å². The molecule has 0 aliphatic carbocycles. The Bertz CT molecular complexity index is 753. The summed E-state index contributed by atoms with van der Waals surface area (Å²) in [5.41, 5.74) is 0. The molecule has 0 aliphatic rings. The predicted octanol–water partition coefficient (Wildman–Crippen LogP) is 3.63. The number of likely N-dealkylation sites (N-methyl/N-ethyl adjacent to an activating group) is 2. The zero-order valence-corrected chi connectivity index (χ0v) is 24.4. The molecule has 0 bridgehead atoms. The van der Waals surface area contributed by atoms with Gasteiger partial charge in [-0.05, 0) is 32.1 Å². The average Bonchev–Trinajstić information content (AvgIpc) is 2.70. The number of carbonyl (C=O) groups excluding carboxylic acids is 2. The van der Waals surface area contributed by atoms with Crippen LogP contribution in [0.25, 0.3) is 0 Å². The molecule has 0 aromatic heterocycles. The second-order valence-electron chi connectivity index (χ2n) is 12.0. The van der Waals surface area contributed by atoms with Crippen molar-refractivity contribution in [2.24, 2.45) is 0 Å². The van der Waals surface area contributed by atoms with Crippen LogP contribution in [0.3, 0.4) is 0 Å². The molecule has 38 heavy (non-hydrogen) atoms. The molecular weight excluding hydrogens is 492 g/mol. The summed E-state index contributed by atoms with van der Waals surface area (Å²) in [5, 5.41) is 18.1. The SMILES string of the molecule is C[N+](C)(C)CC(CC(=O)O)OC(=O)CCC/C=C\CCCCCCCC(=O)OC(CC(=O)O)C[N+](C)(C)C. The number of esters is 2. The van der Waals surface area contributed by atoms with Crippen molar-refractivity contribution < 1.29 is 47.8 Å². The molecule has 0 aromatic rings. The van der Waals surface area contributed by atoms with Gasteiger partial charge < -0.3 is 28.7 Å². The van der Waals surface area contributed by atoms with E-state index >= 15 is 0 Å². The zero-order valence-electron chi connectivity index (χ0n) is 24.4. The molecule has 0 saturated heterocycles. The highest BCUT2D eigenvalue weighted by Crippen LogP contribution is 2.12. The van der Waals surface area contributed by atoms with Crippen LogP contribution >= 0.6 is 0 Å². The number of hydrogen-bond acceptors (Lipinski definition) is 6. The Balaban J connectivity index is 3.93. The predicted molar refractivity (Wildman–Crippen MR) is 145 cm³/mol. The van der Waals surface area contributed by atoms with Gasteiger partial charge in [-0.25, -0.2) is 0 Å². The molecule has 2 atom stereocenters. The van der Waals surface area contributed by atoms with Crippen molar-refractivity contribution in [2.45, 2.75) is 89.3 Å². The van der Waals surface area contributed by atoms with E-state index in [4.69, 9.17) is 19.7 Å². The standard InChI is InChI=1S/C28H50N2O8/c1-29(2,3)21-23(19-25(31)32)37-27(35)17-15-13-11-9-7-8-10-12-14-16-18-28(36)38-24(20-26(33)34)22-30(4,5)6/h9,11,23-24H,7-8,10,12-22H2,1-6H3/p+2/b11-9-. The van der Waals surface area contributed by atoms with Crippen LogP contribution < -0.4 is 0 Å². The lowest BCUT2D eigenvalue weighted by Crippen LogP contribution is -2.43. The third kappa shape index (κ3) is 23.9. The van der Waals surface area contributed by atoms with Crippen molar-refractivity contribution in [3.63, 3.8) is 0 Å². The Hall–Kier alpha value is -2.46. The maximum Gasteiger partial charge on any atom is 0.307 e. The number of hydrogen-bond donors (Lipinski definition) is 2. The van der Waals surface area contributed by atoms with Crippen molar-refractivity contribution in [2.75, 3.05) is 55.4 Å². The molecule has 0 aromatic carbocycles. The Labute approximate surface area is 228 Å². The highest BCUT2D eigenvalue weighted by atomic mass is 16.5. The highest BCUT2D eigenvalue weighted by Gasteiger charge is 2.25. The monoisotopic (exact) mass is 544 g/mol. The minimum absolute atomic E-state index is 0.178. The minimum atomic E-state index is -0.973. The van der Waals surface area contributed by atoms with Crippen LogP contribution in [0.4, 0.5) is 0 Å². The van der Waals surface area contributed by atoms with Gasteiger partial charge in [0.25, 0.3) is 0 Å². The van der Waals surface area contributed by atoms with Gasteiger partial charge in [0.15, 0.2) is 12.2 Å². The molecule has 0 saturated carbocycles. The quantitative estimate of drug-likeness (QED) is 0.0916. The second kappa shape index (κ2) is 18.7. The van der Waals surface area contributed by atoms with Gasteiger partial charge in [0.1, 0.15) is 13.1 Å². The van der Waals surface area contributed by atoms with Gasteiger partial charge in [-0.3, -0.25) is 19.2 Å². The first-order valence-electron chi connectivity index (χ1n) is 13.7. The van der Waals surface area contributed by atoms with Gasteiger partial charge in [0.05, 0.1) is 55.1 Å². The summed E-state index contributed by atoms with van der Waals surface area (Å²) in [6.07, 6.45) is 10.3. The normalized spacial score (nSPS) is 13.7. The summed E-state index contributed by atoms with van der Waals surface area (Å²) in [6.45, 7) is 0.909. The summed E-state index contributed by atoms with van der Waals surface area (Å²) in [4.78, 5) is 46.2. The molecular formula is C28H52N2O8+2. The van der Waals surface area contributed by atoms with Crippen molar-refractivity contribution in [3.8, 4) is 0 Å². The van der Waals surface area contributed by atoms with E-state index in [1.165, 1.54) is 0 Å². The summed E-state index contributed by atoms with van der Waals surface area (Å²) < 4.78 is 11.8. The molecule has 0 aliphatic heterocycles. The van der Waals surface area contributed by atoms with Gasteiger partial charge in [-0.2, -0.15) is 0 Å². The Morgan fingerprint density at radius 1 is 0.605 bits per heavy atom. The molecule has 2 unspecified atom stereocenters. The van der Waals surface area contributed by atoms with Gasteiger partial charge in [0.2, 0.25) is 0 Å². The van der Waals surface area contributed by atoms with E-state index in [0.717, 1.165) is 44.9 Å². The molecule has 0 amide bonds. The van der Waals surface area contributed by atoms with Crippen molar-refractivity contribution in [3.05, 3.63) is 12.2 Å². The van der Waals surface area contributed by atoms with Crippen molar-refractivity contribution >= 4 is 23.9 Å². The third-order valence-electron chi connectivity index (χ3n) is 5.57. The van der Waals surface area contributed by atoms with E-state index in [2.05, 4.69) is 12.2 Å². The Morgan fingerprint density at radius 3 is 1.39 bits per heavy atom. The van der Waals surface area contributed by atoms with E-state index in [1.54, 1.807) is 0 Å². The first-order valence-corrected chi connectivity index (χ1v) is 13.7. The minimum Gasteiger partial charge on any atom is -0.481 e. The Kier molecular flexibility index (Phi) is 17.5. The van der Waals surface area contributed by atoms with Crippen molar-refractivity contribution in [1.29, 1.82) is 0 Å². The van der Waals surface area contributed by atoms with Crippen LogP contribution in [0.15, 0.2) is 12.2 Å². The lowest BCUT2D eigenvalue weighted by Gasteiger charge is -2.28. The molecule has 0 spiro atoms. The number of carbonyl (C=O) groups is 4. The molecule has 2 N–H and O–H groups in total. The number of aliphatic carboxylic acids is 2. The third-order valence-corrected chi connectivity index (χ3v) is 5.57. The van der Waals surface area contributed by atoms with Gasteiger partial charge in [0, 0.05) is 12.8 Å². The van der Waals surface area contributed by atoms with Gasteiger partial charge in [-0.1, -0.05) is 31.4 Å². The van der Waals surface area contributed by atoms with Crippen LogP contribution in [0.5, 0.6) is 0 Å². The maximum absolute atomic E-state index is 12.1. The van der Waals surface area contributed by atoms with Crippen LogP contribution in [0, 0.1) is 0 Å². The number of carboxylic acid groups (broad SMARTS) is 2. The fourth-order valence-corrected chi connectivity index (χ4v) is 4.05. The molecule has 0 rings (SSSR count). The number of allylic oxidation sites excluding steroid dienone is 2. The molecule has 0 fully saturated rings. The first kappa shape index (κ1) is 35.5. The number of carboxylic acids is 2. The fraction of sp³-hybridized carbons (Fsp3) is 0.786. The smallest absolute Gasteiger partial charge is 0.307 e. The largest absolute Gasteiger partial charge is 0.481 e. The summed E-state index contributed by atoms with van der Waals surface area (Å²) in [7, 11) is 11.6. The van der Waals surface area contributed by atoms with Crippen LogP contribution in [0.2, 0.25) is 0 Å². The molecule has 10 heteroatoms. The number of ether oxygens (including phenoxy) is 2. The summed E-state index contributed by atoms with van der Waals surface area (Å²) >= 11 is 0. The van der Waals surface area contributed by atoms with Crippen LogP contribution in [0.1, 0.15) is 77.0 Å². The number of nitrogens with zero attached hydrogens (tertiary/aromatic N) is 2. The molecule has 0 radical (unpaired) electrons. The molecule has 220 valence electrons. The lowest BCUT2D eigenvalue weighted by atomic mass is 10.1. The van der Waals surface area contributed by atoms with Crippen molar-refractivity contribution in [1.82, 2.24) is 0 Å². The lowest BCUT2D eigenvalue weighted by molar-refractivity contribution is -0.873. The van der Waals surface area contributed by atoms with Crippen LogP contribution in [-0.4, -0.2) is 111 Å². The number of quaternary nitrogens is 2. The second-order valence-corrected chi connectivity index (χ2v) is 12.0. The Morgan fingerprint density at radius 2 is 0.974 bits per heavy atom. The average molecular weight is 545 g/mol. The van der Waals surface area contributed by atoms with E-state index < -0.39 is 24.1 Å². The van der Waals surface area contributed by atoms with Gasteiger partial charge >= 0.3 is 23.9 Å². The first-order chi connectivity index (χ1) is 17.6. The van der Waals surface area contributed by atoms with Crippen LogP contribution in [-0.2, 0) is 28.7 Å². The fourth-order valence-electron chi connectivity index (χ4n) is 4.05. The maximum atomic E-state index is 12.1. The number of unbranched alkanes of at least 4 members (excludes halogenated alkanes) is 6. The van der Waals surface area contributed by atoms with E-state index in [1.807, 2.05) is 42.3 Å². The number of rotatable bonds is 22. The molecule has 0 heterocycles. The zero-order chi connectivity index (χ0) is 29.2. The topological polar surface area (TPSA) is 127 Å². The van der Waals surface area contributed by atoms with E-state index in [-0.39, 0.29) is 31.2 Å². The summed E-state index contributed by atoms with van der Waals surface area (Å²) in [5.74, 6) is -2.63. The highest BCUT2D eigenvalue weighted by molar-refractivity contribution is 5.72.